The number of carbonyl (C=O) groups excluding carboxylic acids is 2. The summed E-state index contributed by atoms with van der Waals surface area (Å²) < 4.78 is 5.26. The molecule has 0 spiro atoms. The van der Waals surface area contributed by atoms with E-state index in [0.717, 1.165) is 10.9 Å². The number of aromatic nitrogens is 1. The van der Waals surface area contributed by atoms with Gasteiger partial charge in [0.25, 0.3) is 0 Å². The quantitative estimate of drug-likeness (QED) is 0.749. The highest BCUT2D eigenvalue weighted by Gasteiger charge is 2.14. The molecule has 1 aromatic carbocycles. The topological polar surface area (TPSA) is 75.4 Å². The van der Waals surface area contributed by atoms with Gasteiger partial charge in [-0.1, -0.05) is 18.2 Å². The van der Waals surface area contributed by atoms with Crippen molar-refractivity contribution in [3.05, 3.63) is 60.7 Å². The third-order valence-corrected chi connectivity index (χ3v) is 3.89. The molecule has 0 radical (unpaired) electrons. The zero-order valence-corrected chi connectivity index (χ0v) is 13.9. The molecule has 0 unspecified atom stereocenters. The molecule has 3 rings (SSSR count). The number of nitrogens with one attached hydrogen (secondary N) is 1. The molecule has 25 heavy (non-hydrogen) atoms. The van der Waals surface area contributed by atoms with E-state index >= 15 is 0 Å². The fourth-order valence-electron chi connectivity index (χ4n) is 2.59. The molecule has 0 saturated carbocycles. The number of amides is 2. The van der Waals surface area contributed by atoms with Crippen LogP contribution in [-0.4, -0.2) is 28.2 Å². The van der Waals surface area contributed by atoms with Crippen molar-refractivity contribution in [2.75, 3.05) is 11.9 Å². The van der Waals surface area contributed by atoms with Crippen LogP contribution in [0.25, 0.3) is 10.9 Å². The molecule has 128 valence electrons. The fraction of sp³-hybridized carbons (Fsp3) is 0.211. The number of carbonyl (C=O) groups is 2. The van der Waals surface area contributed by atoms with Crippen molar-refractivity contribution in [3.8, 4) is 0 Å². The fourth-order valence-corrected chi connectivity index (χ4v) is 2.59. The van der Waals surface area contributed by atoms with Gasteiger partial charge in [-0.15, -0.1) is 0 Å². The van der Waals surface area contributed by atoms with Crippen molar-refractivity contribution in [3.63, 3.8) is 0 Å². The van der Waals surface area contributed by atoms with Crippen LogP contribution in [0.2, 0.25) is 0 Å². The average molecular weight is 337 g/mol. The SMILES string of the molecule is CC(=O)N(CCC(=O)Nc1cccc2cccnc12)Cc1ccco1. The van der Waals surface area contributed by atoms with E-state index in [2.05, 4.69) is 10.3 Å². The van der Waals surface area contributed by atoms with Crippen LogP contribution >= 0.6 is 0 Å². The van der Waals surface area contributed by atoms with Gasteiger partial charge < -0.3 is 14.6 Å². The lowest BCUT2D eigenvalue weighted by molar-refractivity contribution is -0.130. The smallest absolute Gasteiger partial charge is 0.226 e. The first kappa shape index (κ1) is 16.7. The van der Waals surface area contributed by atoms with Crippen molar-refractivity contribution in [2.45, 2.75) is 19.9 Å². The molecule has 6 nitrogen and oxygen atoms in total. The molecule has 6 heteroatoms. The number of furan rings is 1. The Kier molecular flexibility index (Phi) is 5.09. The molecular formula is C19H19N3O3. The number of anilines is 1. The summed E-state index contributed by atoms with van der Waals surface area (Å²) in [6.45, 7) is 2.15. The van der Waals surface area contributed by atoms with Gasteiger partial charge >= 0.3 is 0 Å². The summed E-state index contributed by atoms with van der Waals surface area (Å²) >= 11 is 0. The summed E-state index contributed by atoms with van der Waals surface area (Å²) in [6.07, 6.45) is 3.45. The van der Waals surface area contributed by atoms with Gasteiger partial charge in [0.15, 0.2) is 0 Å². The van der Waals surface area contributed by atoms with E-state index in [-0.39, 0.29) is 18.2 Å². The summed E-state index contributed by atoms with van der Waals surface area (Å²) in [5.41, 5.74) is 1.42. The van der Waals surface area contributed by atoms with Crippen LogP contribution in [0.3, 0.4) is 0 Å². The second kappa shape index (κ2) is 7.61. The summed E-state index contributed by atoms with van der Waals surface area (Å²) in [7, 11) is 0. The van der Waals surface area contributed by atoms with Crippen LogP contribution in [0.15, 0.2) is 59.3 Å². The second-order valence-electron chi connectivity index (χ2n) is 5.70. The van der Waals surface area contributed by atoms with E-state index < -0.39 is 0 Å². The molecule has 0 aliphatic rings. The van der Waals surface area contributed by atoms with Gasteiger partial charge in [0.2, 0.25) is 11.8 Å². The van der Waals surface area contributed by atoms with Gasteiger partial charge in [0, 0.05) is 31.5 Å². The highest BCUT2D eigenvalue weighted by atomic mass is 16.3. The highest BCUT2D eigenvalue weighted by Crippen LogP contribution is 2.20. The van der Waals surface area contributed by atoms with Crippen LogP contribution in [0, 0.1) is 0 Å². The number of hydrogen-bond donors (Lipinski definition) is 1. The van der Waals surface area contributed by atoms with Gasteiger partial charge in [-0.05, 0) is 24.3 Å². The summed E-state index contributed by atoms with van der Waals surface area (Å²) in [4.78, 5) is 29.9. The number of fused-ring (bicyclic) bond motifs is 1. The molecule has 0 aliphatic heterocycles. The molecule has 2 amide bonds. The van der Waals surface area contributed by atoms with Gasteiger partial charge in [0.1, 0.15) is 5.76 Å². The van der Waals surface area contributed by atoms with Crippen molar-refractivity contribution in [2.24, 2.45) is 0 Å². The highest BCUT2D eigenvalue weighted by molar-refractivity contribution is 6.00. The Bertz CT molecular complexity index is 869. The van der Waals surface area contributed by atoms with Gasteiger partial charge in [0.05, 0.1) is 24.0 Å². The molecule has 0 saturated heterocycles. The molecule has 1 N–H and O–H groups in total. The Morgan fingerprint density at radius 1 is 1.16 bits per heavy atom. The Hall–Kier alpha value is -3.15. The van der Waals surface area contributed by atoms with Crippen LogP contribution < -0.4 is 5.32 Å². The monoisotopic (exact) mass is 337 g/mol. The van der Waals surface area contributed by atoms with Gasteiger partial charge in [-0.2, -0.15) is 0 Å². The van der Waals surface area contributed by atoms with E-state index in [1.54, 1.807) is 29.5 Å². The lowest BCUT2D eigenvalue weighted by atomic mass is 10.2. The van der Waals surface area contributed by atoms with E-state index in [9.17, 15) is 9.59 Å². The van der Waals surface area contributed by atoms with Crippen molar-refractivity contribution in [1.29, 1.82) is 0 Å². The van der Waals surface area contributed by atoms with E-state index in [4.69, 9.17) is 4.42 Å². The summed E-state index contributed by atoms with van der Waals surface area (Å²) in [5, 5.41) is 3.84. The van der Waals surface area contributed by atoms with Crippen LogP contribution in [-0.2, 0) is 16.1 Å². The first-order chi connectivity index (χ1) is 12.1. The predicted molar refractivity (Wildman–Crippen MR) is 94.8 cm³/mol. The summed E-state index contributed by atoms with van der Waals surface area (Å²) in [6, 6.07) is 13.0. The number of rotatable bonds is 6. The Morgan fingerprint density at radius 3 is 2.76 bits per heavy atom. The minimum atomic E-state index is -0.163. The number of nitrogens with zero attached hydrogens (tertiary/aromatic N) is 2. The molecular weight excluding hydrogens is 318 g/mol. The van der Waals surface area contributed by atoms with Crippen molar-refractivity contribution < 1.29 is 14.0 Å². The van der Waals surface area contributed by atoms with Crippen LogP contribution in [0.5, 0.6) is 0 Å². The van der Waals surface area contributed by atoms with Gasteiger partial charge in [-0.25, -0.2) is 0 Å². The third kappa shape index (κ3) is 4.23. The Balaban J connectivity index is 1.62. The third-order valence-electron chi connectivity index (χ3n) is 3.89. The maximum absolute atomic E-state index is 12.3. The minimum absolute atomic E-state index is 0.101. The number of para-hydroxylation sites is 1. The molecule has 2 aromatic heterocycles. The first-order valence-corrected chi connectivity index (χ1v) is 8.05. The first-order valence-electron chi connectivity index (χ1n) is 8.05. The molecule has 3 aromatic rings. The Labute approximate surface area is 145 Å². The van der Waals surface area contributed by atoms with Crippen molar-refractivity contribution in [1.82, 2.24) is 9.88 Å². The molecule has 0 bridgehead atoms. The van der Waals surface area contributed by atoms with Crippen LogP contribution in [0.4, 0.5) is 5.69 Å². The molecule has 0 atom stereocenters. The van der Waals surface area contributed by atoms with E-state index in [0.29, 0.717) is 24.5 Å². The maximum Gasteiger partial charge on any atom is 0.226 e. The lowest BCUT2D eigenvalue weighted by Crippen LogP contribution is -2.31. The zero-order valence-electron chi connectivity index (χ0n) is 13.9. The second-order valence-corrected chi connectivity index (χ2v) is 5.70. The Morgan fingerprint density at radius 2 is 2.00 bits per heavy atom. The number of benzene rings is 1. The zero-order chi connectivity index (χ0) is 17.6. The predicted octanol–water partition coefficient (Wildman–Crippen LogP) is 3.21. The molecule has 0 fully saturated rings. The van der Waals surface area contributed by atoms with E-state index in [1.807, 2.05) is 30.3 Å². The normalized spacial score (nSPS) is 10.6. The molecule has 0 aliphatic carbocycles. The van der Waals surface area contributed by atoms with Crippen molar-refractivity contribution >= 4 is 28.4 Å². The molecule has 2 heterocycles. The maximum atomic E-state index is 12.3. The van der Waals surface area contributed by atoms with Crippen LogP contribution in [0.1, 0.15) is 19.1 Å². The standard InChI is InChI=1S/C19H19N3O3/c1-14(23)22(13-16-7-4-12-25-16)11-9-18(24)21-17-8-2-5-15-6-3-10-20-19(15)17/h2-8,10,12H,9,11,13H2,1H3,(H,21,24). The average Bonchev–Trinajstić information content (AvgIpc) is 3.12. The number of pyridine rings is 1. The lowest BCUT2D eigenvalue weighted by Gasteiger charge is -2.19. The van der Waals surface area contributed by atoms with E-state index in [1.165, 1.54) is 6.92 Å². The summed E-state index contributed by atoms with van der Waals surface area (Å²) in [5.74, 6) is 0.425. The minimum Gasteiger partial charge on any atom is -0.467 e. The van der Waals surface area contributed by atoms with Gasteiger partial charge in [-0.3, -0.25) is 14.6 Å². The number of hydrogen-bond acceptors (Lipinski definition) is 4. The largest absolute Gasteiger partial charge is 0.467 e.